The molecule has 0 bridgehead atoms. The van der Waals surface area contributed by atoms with E-state index >= 15 is 0 Å². The first-order chi connectivity index (χ1) is 15.3. The molecule has 0 N–H and O–H groups in total. The van der Waals surface area contributed by atoms with E-state index < -0.39 is 10.8 Å². The fraction of sp³-hybridized carbons (Fsp3) is 0.333. The summed E-state index contributed by atoms with van der Waals surface area (Å²) in [6.45, 7) is 6.98. The number of nitro groups is 1. The van der Waals surface area contributed by atoms with Crippen LogP contribution < -0.4 is 4.90 Å². The summed E-state index contributed by atoms with van der Waals surface area (Å²) in [5.74, 6) is -0.427. The number of benzene rings is 2. The number of rotatable bonds is 5. The number of amides is 2. The minimum Gasteiger partial charge on any atom is -0.364 e. The molecule has 0 atom stereocenters. The molecule has 2 amide bonds. The molecule has 2 heterocycles. The summed E-state index contributed by atoms with van der Waals surface area (Å²) in [6, 6.07) is 13.3. The molecule has 2 aromatic carbocycles. The Morgan fingerprint density at radius 1 is 0.875 bits per heavy atom. The van der Waals surface area contributed by atoms with Crippen molar-refractivity contribution in [2.24, 2.45) is 0 Å². The summed E-state index contributed by atoms with van der Waals surface area (Å²) in [6.07, 6.45) is 0. The minimum atomic E-state index is -0.482. The van der Waals surface area contributed by atoms with E-state index in [4.69, 9.17) is 0 Å². The van der Waals surface area contributed by atoms with Crippen molar-refractivity contribution in [2.75, 3.05) is 38.1 Å². The molecule has 0 spiro atoms. The Bertz CT molecular complexity index is 1080. The molecule has 0 saturated carbocycles. The maximum absolute atomic E-state index is 13.6. The van der Waals surface area contributed by atoms with E-state index in [0.717, 1.165) is 18.7 Å². The highest BCUT2D eigenvalue weighted by Gasteiger charge is 2.43. The molecule has 8 heteroatoms. The fourth-order valence-electron chi connectivity index (χ4n) is 4.09. The topological polar surface area (TPSA) is 87.0 Å². The Balaban J connectivity index is 1.76. The summed E-state index contributed by atoms with van der Waals surface area (Å²) in [4.78, 5) is 43.0. The van der Waals surface area contributed by atoms with Crippen LogP contribution in [0.4, 0.5) is 11.4 Å². The van der Waals surface area contributed by atoms with Gasteiger partial charge in [-0.05, 0) is 48.4 Å². The number of piperazine rings is 1. The van der Waals surface area contributed by atoms with Crippen molar-refractivity contribution < 1.29 is 14.5 Å². The van der Waals surface area contributed by atoms with Crippen molar-refractivity contribution in [3.05, 3.63) is 75.5 Å². The van der Waals surface area contributed by atoms with Crippen LogP contribution in [0.3, 0.4) is 0 Å². The van der Waals surface area contributed by atoms with E-state index in [1.807, 2.05) is 24.1 Å². The second-order valence-electron chi connectivity index (χ2n) is 8.51. The third-order valence-electron chi connectivity index (χ3n) is 6.06. The monoisotopic (exact) mass is 434 g/mol. The first kappa shape index (κ1) is 21.7. The molecule has 2 aromatic rings. The van der Waals surface area contributed by atoms with Crippen molar-refractivity contribution in [2.45, 2.75) is 19.8 Å². The number of carbonyl (C=O) groups excluding carboxylic acids is 2. The SMILES string of the molecule is CC(C)c1ccc(N2C(=O)C(c3ccc([N+](=O)[O-])cc3)=C(N3CCN(C)CC3)C2=O)cc1. The van der Waals surface area contributed by atoms with Crippen LogP contribution in [0.15, 0.2) is 54.2 Å². The second kappa shape index (κ2) is 8.55. The Hall–Kier alpha value is -3.52. The van der Waals surface area contributed by atoms with E-state index in [-0.39, 0.29) is 11.6 Å². The van der Waals surface area contributed by atoms with Gasteiger partial charge in [0.25, 0.3) is 17.5 Å². The van der Waals surface area contributed by atoms with Crippen LogP contribution in [0, 0.1) is 10.1 Å². The summed E-state index contributed by atoms with van der Waals surface area (Å²) >= 11 is 0. The van der Waals surface area contributed by atoms with Gasteiger partial charge in [-0.2, -0.15) is 0 Å². The highest BCUT2D eigenvalue weighted by atomic mass is 16.6. The molecule has 8 nitrogen and oxygen atoms in total. The first-order valence-corrected chi connectivity index (χ1v) is 10.7. The van der Waals surface area contributed by atoms with Crippen molar-refractivity contribution in [1.29, 1.82) is 0 Å². The molecule has 0 aromatic heterocycles. The van der Waals surface area contributed by atoms with Crippen molar-refractivity contribution >= 4 is 28.8 Å². The van der Waals surface area contributed by atoms with Crippen LogP contribution in [0.2, 0.25) is 0 Å². The van der Waals surface area contributed by atoms with E-state index in [1.165, 1.54) is 17.0 Å². The number of hydrogen-bond acceptors (Lipinski definition) is 6. The van der Waals surface area contributed by atoms with Gasteiger partial charge in [0, 0.05) is 38.3 Å². The highest BCUT2D eigenvalue weighted by Crippen LogP contribution is 2.36. The summed E-state index contributed by atoms with van der Waals surface area (Å²) < 4.78 is 0. The lowest BCUT2D eigenvalue weighted by Crippen LogP contribution is -2.46. The number of anilines is 1. The largest absolute Gasteiger partial charge is 0.364 e. The number of likely N-dealkylation sites (N-methyl/N-ethyl adjacent to an activating group) is 1. The summed E-state index contributed by atoms with van der Waals surface area (Å²) in [5.41, 5.74) is 2.74. The number of non-ortho nitro benzene ring substituents is 1. The lowest BCUT2D eigenvalue weighted by molar-refractivity contribution is -0.384. The highest BCUT2D eigenvalue weighted by molar-refractivity contribution is 6.45. The van der Waals surface area contributed by atoms with Gasteiger partial charge in [0.1, 0.15) is 5.70 Å². The van der Waals surface area contributed by atoms with E-state index in [0.29, 0.717) is 41.5 Å². The summed E-state index contributed by atoms with van der Waals surface area (Å²) in [5, 5.41) is 11.1. The zero-order chi connectivity index (χ0) is 23.0. The molecule has 1 saturated heterocycles. The maximum atomic E-state index is 13.6. The third kappa shape index (κ3) is 3.89. The number of hydrogen-bond donors (Lipinski definition) is 0. The first-order valence-electron chi connectivity index (χ1n) is 10.7. The van der Waals surface area contributed by atoms with E-state index in [9.17, 15) is 19.7 Å². The Morgan fingerprint density at radius 3 is 2.00 bits per heavy atom. The van der Waals surface area contributed by atoms with Crippen LogP contribution in [0.25, 0.3) is 5.57 Å². The number of carbonyl (C=O) groups is 2. The predicted molar refractivity (Wildman–Crippen MR) is 122 cm³/mol. The van der Waals surface area contributed by atoms with E-state index in [2.05, 4.69) is 18.7 Å². The number of nitrogens with zero attached hydrogens (tertiary/aromatic N) is 4. The molecule has 2 aliphatic heterocycles. The van der Waals surface area contributed by atoms with Gasteiger partial charge in [0.05, 0.1) is 16.2 Å². The van der Waals surface area contributed by atoms with Crippen molar-refractivity contribution in [3.8, 4) is 0 Å². The fourth-order valence-corrected chi connectivity index (χ4v) is 4.09. The summed E-state index contributed by atoms with van der Waals surface area (Å²) in [7, 11) is 2.02. The van der Waals surface area contributed by atoms with Gasteiger partial charge in [-0.1, -0.05) is 26.0 Å². The number of nitro benzene ring substituents is 1. The Kier molecular flexibility index (Phi) is 5.80. The van der Waals surface area contributed by atoms with Gasteiger partial charge in [-0.25, -0.2) is 4.90 Å². The molecular formula is C24H26N4O4. The molecule has 1 fully saturated rings. The standard InChI is InChI=1S/C24H26N4O4/c1-16(2)17-4-8-19(9-5-17)27-23(29)21(18-6-10-20(11-7-18)28(31)32)22(24(27)30)26-14-12-25(3)13-15-26/h4-11,16H,12-15H2,1-3H3. The van der Waals surface area contributed by atoms with Crippen LogP contribution >= 0.6 is 0 Å². The van der Waals surface area contributed by atoms with Crippen molar-refractivity contribution in [3.63, 3.8) is 0 Å². The lowest BCUT2D eigenvalue weighted by atomic mass is 10.0. The molecule has 0 radical (unpaired) electrons. The Morgan fingerprint density at radius 2 is 1.47 bits per heavy atom. The van der Waals surface area contributed by atoms with Crippen molar-refractivity contribution in [1.82, 2.24) is 9.80 Å². The van der Waals surface area contributed by atoms with Gasteiger partial charge in [-0.15, -0.1) is 0 Å². The molecule has 0 unspecified atom stereocenters. The molecule has 0 aliphatic carbocycles. The van der Waals surface area contributed by atoms with Gasteiger partial charge in [0.2, 0.25) is 0 Å². The van der Waals surface area contributed by atoms with Crippen LogP contribution in [0.5, 0.6) is 0 Å². The molecular weight excluding hydrogens is 408 g/mol. The quantitative estimate of drug-likeness (QED) is 0.408. The number of imide groups is 1. The van der Waals surface area contributed by atoms with E-state index in [1.54, 1.807) is 24.3 Å². The zero-order valence-corrected chi connectivity index (χ0v) is 18.4. The third-order valence-corrected chi connectivity index (χ3v) is 6.06. The molecule has 166 valence electrons. The average molecular weight is 434 g/mol. The predicted octanol–water partition coefficient (Wildman–Crippen LogP) is 3.25. The van der Waals surface area contributed by atoms with Crippen LogP contribution in [-0.2, 0) is 9.59 Å². The smallest absolute Gasteiger partial charge is 0.282 e. The van der Waals surface area contributed by atoms with Gasteiger partial charge in [-0.3, -0.25) is 19.7 Å². The maximum Gasteiger partial charge on any atom is 0.282 e. The zero-order valence-electron chi connectivity index (χ0n) is 18.4. The normalized spacial score (nSPS) is 17.6. The minimum absolute atomic E-state index is 0.0617. The van der Waals surface area contributed by atoms with Gasteiger partial charge >= 0.3 is 0 Å². The van der Waals surface area contributed by atoms with Gasteiger partial charge < -0.3 is 9.80 Å². The van der Waals surface area contributed by atoms with Gasteiger partial charge in [0.15, 0.2) is 0 Å². The molecule has 32 heavy (non-hydrogen) atoms. The molecule has 4 rings (SSSR count). The molecule has 2 aliphatic rings. The second-order valence-corrected chi connectivity index (χ2v) is 8.51. The lowest BCUT2D eigenvalue weighted by Gasteiger charge is -2.34. The average Bonchev–Trinajstić information content (AvgIpc) is 3.04. The van der Waals surface area contributed by atoms with Crippen LogP contribution in [-0.4, -0.2) is 59.8 Å². The van der Waals surface area contributed by atoms with Crippen LogP contribution in [0.1, 0.15) is 30.9 Å². The Labute approximate surface area is 186 Å².